The maximum atomic E-state index is 12.0. The summed E-state index contributed by atoms with van der Waals surface area (Å²) >= 11 is 0. The first-order valence-electron chi connectivity index (χ1n) is 7.30. The van der Waals surface area contributed by atoms with Gasteiger partial charge in [-0.1, -0.05) is 36.4 Å². The van der Waals surface area contributed by atoms with E-state index in [9.17, 15) is 4.79 Å². The highest BCUT2D eigenvalue weighted by atomic mass is 16.1. The second-order valence-electron chi connectivity index (χ2n) is 5.75. The fourth-order valence-electron chi connectivity index (χ4n) is 2.49. The van der Waals surface area contributed by atoms with Gasteiger partial charge in [0.25, 0.3) is 0 Å². The molecule has 0 saturated heterocycles. The van der Waals surface area contributed by atoms with Crippen molar-refractivity contribution in [3.8, 4) is 0 Å². The molecule has 1 amide bonds. The molecule has 108 valence electrons. The van der Waals surface area contributed by atoms with Gasteiger partial charge < -0.3 is 10.2 Å². The molecule has 1 aromatic rings. The maximum absolute atomic E-state index is 12.0. The van der Waals surface area contributed by atoms with Crippen LogP contribution in [0.2, 0.25) is 0 Å². The lowest BCUT2D eigenvalue weighted by atomic mass is 9.93. The fourth-order valence-corrected chi connectivity index (χ4v) is 2.49. The van der Waals surface area contributed by atoms with Gasteiger partial charge in [-0.3, -0.25) is 4.79 Å². The number of amides is 1. The molecule has 3 heteroatoms. The van der Waals surface area contributed by atoms with E-state index in [0.717, 1.165) is 31.4 Å². The zero-order chi connectivity index (χ0) is 14.4. The first kappa shape index (κ1) is 14.8. The summed E-state index contributed by atoms with van der Waals surface area (Å²) in [5.41, 5.74) is 2.45. The van der Waals surface area contributed by atoms with Crippen LogP contribution in [0.25, 0.3) is 0 Å². The number of hydrogen-bond donors (Lipinski definition) is 1. The SMILES string of the molecule is CN(C)Cc1ccc(CNC(=O)[C@@H]2CC=CCC2)cc1. The molecule has 0 fully saturated rings. The predicted molar refractivity (Wildman–Crippen MR) is 82.2 cm³/mol. The van der Waals surface area contributed by atoms with Crippen LogP contribution in [0.5, 0.6) is 0 Å². The topological polar surface area (TPSA) is 32.3 Å². The molecule has 1 aliphatic rings. The standard InChI is InChI=1S/C17H24N2O/c1-19(2)13-15-10-8-14(9-11-15)12-18-17(20)16-6-4-3-5-7-16/h3-4,8-11,16H,5-7,12-13H2,1-2H3,(H,18,20)/t16-/m1/s1. The Morgan fingerprint density at radius 2 is 1.90 bits per heavy atom. The van der Waals surface area contributed by atoms with E-state index in [4.69, 9.17) is 0 Å². The number of carbonyl (C=O) groups is 1. The van der Waals surface area contributed by atoms with Crippen molar-refractivity contribution in [1.82, 2.24) is 10.2 Å². The van der Waals surface area contributed by atoms with Crippen molar-refractivity contribution in [3.05, 3.63) is 47.5 Å². The number of carbonyl (C=O) groups excluding carboxylic acids is 1. The van der Waals surface area contributed by atoms with Crippen LogP contribution in [-0.2, 0) is 17.9 Å². The summed E-state index contributed by atoms with van der Waals surface area (Å²) in [4.78, 5) is 14.2. The average Bonchev–Trinajstić information content (AvgIpc) is 2.46. The lowest BCUT2D eigenvalue weighted by Crippen LogP contribution is -2.30. The van der Waals surface area contributed by atoms with Crippen LogP contribution in [0, 0.1) is 5.92 Å². The van der Waals surface area contributed by atoms with Crippen molar-refractivity contribution in [3.63, 3.8) is 0 Å². The summed E-state index contributed by atoms with van der Waals surface area (Å²) in [5.74, 6) is 0.347. The summed E-state index contributed by atoms with van der Waals surface area (Å²) in [7, 11) is 4.12. The number of allylic oxidation sites excluding steroid dienone is 2. The molecule has 0 spiro atoms. The van der Waals surface area contributed by atoms with E-state index in [-0.39, 0.29) is 11.8 Å². The molecule has 0 aromatic heterocycles. The Balaban J connectivity index is 1.81. The van der Waals surface area contributed by atoms with E-state index in [1.807, 2.05) is 0 Å². The van der Waals surface area contributed by atoms with E-state index in [1.54, 1.807) is 0 Å². The molecule has 0 radical (unpaired) electrons. The van der Waals surface area contributed by atoms with E-state index < -0.39 is 0 Å². The predicted octanol–water partition coefficient (Wildman–Crippen LogP) is 2.72. The Hall–Kier alpha value is -1.61. The molecule has 0 aliphatic heterocycles. The zero-order valence-corrected chi connectivity index (χ0v) is 12.4. The molecule has 1 N–H and O–H groups in total. The molecular weight excluding hydrogens is 248 g/mol. The quantitative estimate of drug-likeness (QED) is 0.836. The summed E-state index contributed by atoms with van der Waals surface area (Å²) in [6.07, 6.45) is 7.16. The lowest BCUT2D eigenvalue weighted by molar-refractivity contribution is -0.125. The third-order valence-electron chi connectivity index (χ3n) is 3.63. The van der Waals surface area contributed by atoms with Gasteiger partial charge in [0.15, 0.2) is 0 Å². The van der Waals surface area contributed by atoms with Crippen molar-refractivity contribution in [2.75, 3.05) is 14.1 Å². The van der Waals surface area contributed by atoms with Crippen molar-refractivity contribution < 1.29 is 4.79 Å². The summed E-state index contributed by atoms with van der Waals surface area (Å²) in [6.45, 7) is 1.57. The van der Waals surface area contributed by atoms with E-state index in [2.05, 4.69) is 60.7 Å². The van der Waals surface area contributed by atoms with Crippen LogP contribution in [0.1, 0.15) is 30.4 Å². The highest BCUT2D eigenvalue weighted by Crippen LogP contribution is 2.18. The summed E-state index contributed by atoms with van der Waals surface area (Å²) in [5, 5.41) is 3.05. The smallest absolute Gasteiger partial charge is 0.223 e. The fraction of sp³-hybridized carbons (Fsp3) is 0.471. The van der Waals surface area contributed by atoms with Gasteiger partial charge in [0.1, 0.15) is 0 Å². The minimum atomic E-state index is 0.160. The van der Waals surface area contributed by atoms with Crippen LogP contribution in [0.3, 0.4) is 0 Å². The molecule has 1 aliphatic carbocycles. The van der Waals surface area contributed by atoms with Crippen LogP contribution in [0.15, 0.2) is 36.4 Å². The monoisotopic (exact) mass is 272 g/mol. The normalized spacial score (nSPS) is 18.2. The molecule has 0 saturated carbocycles. The summed E-state index contributed by atoms with van der Waals surface area (Å²) < 4.78 is 0. The van der Waals surface area contributed by atoms with E-state index in [0.29, 0.717) is 6.54 Å². The molecule has 0 bridgehead atoms. The molecule has 20 heavy (non-hydrogen) atoms. The minimum Gasteiger partial charge on any atom is -0.352 e. The van der Waals surface area contributed by atoms with Gasteiger partial charge in [0.2, 0.25) is 5.91 Å². The van der Waals surface area contributed by atoms with Gasteiger partial charge in [0.05, 0.1) is 0 Å². The highest BCUT2D eigenvalue weighted by molar-refractivity contribution is 5.78. The number of nitrogens with one attached hydrogen (secondary N) is 1. The molecule has 1 aromatic carbocycles. The van der Waals surface area contributed by atoms with Crippen molar-refractivity contribution in [2.45, 2.75) is 32.4 Å². The second-order valence-corrected chi connectivity index (χ2v) is 5.75. The summed E-state index contributed by atoms with van der Waals surface area (Å²) in [6, 6.07) is 8.45. The van der Waals surface area contributed by atoms with Crippen LogP contribution < -0.4 is 5.32 Å². The Bertz CT molecular complexity index is 462. The number of nitrogens with zero attached hydrogens (tertiary/aromatic N) is 1. The van der Waals surface area contributed by atoms with Gasteiger partial charge in [-0.2, -0.15) is 0 Å². The number of hydrogen-bond acceptors (Lipinski definition) is 2. The number of rotatable bonds is 5. The van der Waals surface area contributed by atoms with Gasteiger partial charge in [0, 0.05) is 19.0 Å². The van der Waals surface area contributed by atoms with Crippen molar-refractivity contribution in [2.24, 2.45) is 5.92 Å². The van der Waals surface area contributed by atoms with Crippen LogP contribution in [-0.4, -0.2) is 24.9 Å². The molecule has 1 atom stereocenters. The Kier molecular flexibility index (Phi) is 5.36. The van der Waals surface area contributed by atoms with E-state index in [1.165, 1.54) is 5.56 Å². The lowest BCUT2D eigenvalue weighted by Gasteiger charge is -2.17. The van der Waals surface area contributed by atoms with Gasteiger partial charge in [-0.05, 0) is 44.5 Å². The van der Waals surface area contributed by atoms with Crippen molar-refractivity contribution in [1.29, 1.82) is 0 Å². The largest absolute Gasteiger partial charge is 0.352 e. The molecule has 2 rings (SSSR count). The van der Waals surface area contributed by atoms with Gasteiger partial charge in [-0.25, -0.2) is 0 Å². The third-order valence-corrected chi connectivity index (χ3v) is 3.63. The Morgan fingerprint density at radius 1 is 1.20 bits per heavy atom. The van der Waals surface area contributed by atoms with Crippen LogP contribution in [0.4, 0.5) is 0 Å². The third kappa shape index (κ3) is 4.49. The molecular formula is C17H24N2O. The minimum absolute atomic E-state index is 0.160. The Morgan fingerprint density at radius 3 is 2.50 bits per heavy atom. The zero-order valence-electron chi connectivity index (χ0n) is 12.4. The van der Waals surface area contributed by atoms with E-state index >= 15 is 0 Å². The molecule has 0 heterocycles. The highest BCUT2D eigenvalue weighted by Gasteiger charge is 2.17. The first-order chi connectivity index (χ1) is 9.65. The molecule has 0 unspecified atom stereocenters. The molecule has 3 nitrogen and oxygen atoms in total. The van der Waals surface area contributed by atoms with Crippen LogP contribution >= 0.6 is 0 Å². The maximum Gasteiger partial charge on any atom is 0.223 e. The van der Waals surface area contributed by atoms with Gasteiger partial charge >= 0.3 is 0 Å². The van der Waals surface area contributed by atoms with Crippen molar-refractivity contribution >= 4 is 5.91 Å². The van der Waals surface area contributed by atoms with Gasteiger partial charge in [-0.15, -0.1) is 0 Å². The average molecular weight is 272 g/mol. The number of benzene rings is 1. The second kappa shape index (κ2) is 7.25. The Labute approximate surface area is 121 Å². The first-order valence-corrected chi connectivity index (χ1v) is 7.30.